The lowest BCUT2D eigenvalue weighted by atomic mass is 9.97. The number of aromatic nitrogens is 5. The van der Waals surface area contributed by atoms with Crippen LogP contribution in [0.1, 0.15) is 0 Å². The van der Waals surface area contributed by atoms with Gasteiger partial charge in [-0.25, -0.2) is 24.9 Å². The first-order chi connectivity index (χ1) is 23.7. The van der Waals surface area contributed by atoms with Crippen LogP contribution in [0.4, 0.5) is 0 Å². The summed E-state index contributed by atoms with van der Waals surface area (Å²) < 4.78 is 0. The van der Waals surface area contributed by atoms with Gasteiger partial charge in [-0.2, -0.15) is 0 Å². The van der Waals surface area contributed by atoms with Crippen molar-refractivity contribution < 1.29 is 0 Å². The van der Waals surface area contributed by atoms with E-state index in [4.69, 9.17) is 24.9 Å². The Morgan fingerprint density at radius 2 is 0.812 bits per heavy atom. The molecule has 5 heteroatoms. The Kier molecular flexibility index (Phi) is 6.72. The largest absolute Gasteiger partial charge is 0.248 e. The molecule has 0 aliphatic carbocycles. The van der Waals surface area contributed by atoms with Crippen molar-refractivity contribution in [2.75, 3.05) is 0 Å². The van der Waals surface area contributed by atoms with E-state index < -0.39 is 0 Å². The zero-order valence-electron chi connectivity index (χ0n) is 25.8. The summed E-state index contributed by atoms with van der Waals surface area (Å²) in [5.74, 6) is 1.75. The van der Waals surface area contributed by atoms with Crippen LogP contribution < -0.4 is 0 Å². The maximum atomic E-state index is 5.13. The molecule has 9 aromatic rings. The van der Waals surface area contributed by atoms with Crippen molar-refractivity contribution in [3.05, 3.63) is 164 Å². The molecule has 0 bridgehead atoms. The Bertz CT molecular complexity index is 2550. The summed E-state index contributed by atoms with van der Waals surface area (Å²) in [6.45, 7) is 0. The van der Waals surface area contributed by atoms with Crippen molar-refractivity contribution in [2.24, 2.45) is 0 Å². The highest BCUT2D eigenvalue weighted by molar-refractivity contribution is 5.98. The topological polar surface area (TPSA) is 64.5 Å². The van der Waals surface area contributed by atoms with E-state index in [0.717, 1.165) is 49.8 Å². The highest BCUT2D eigenvalue weighted by Crippen LogP contribution is 2.32. The van der Waals surface area contributed by atoms with Gasteiger partial charge in [-0.1, -0.05) is 140 Å². The number of rotatable bonds is 5. The summed E-state index contributed by atoms with van der Waals surface area (Å²) in [5.41, 5.74) is 8.57. The summed E-state index contributed by atoms with van der Waals surface area (Å²) in [6.07, 6.45) is 0. The molecule has 0 aliphatic heterocycles. The number of hydrogen-bond donors (Lipinski definition) is 0. The molecule has 0 fully saturated rings. The molecule has 0 radical (unpaired) electrons. The Morgan fingerprint density at radius 3 is 1.52 bits per heavy atom. The zero-order valence-corrected chi connectivity index (χ0v) is 25.8. The molecule has 48 heavy (non-hydrogen) atoms. The van der Waals surface area contributed by atoms with Gasteiger partial charge in [0.25, 0.3) is 0 Å². The molecule has 0 atom stereocenters. The minimum atomic E-state index is 0.528. The normalized spacial score (nSPS) is 11.3. The van der Waals surface area contributed by atoms with Crippen LogP contribution in [-0.2, 0) is 0 Å². The van der Waals surface area contributed by atoms with E-state index in [9.17, 15) is 0 Å². The average Bonchev–Trinajstić information content (AvgIpc) is 3.17. The van der Waals surface area contributed by atoms with E-state index >= 15 is 0 Å². The molecule has 5 nitrogen and oxygen atoms in total. The third-order valence-corrected chi connectivity index (χ3v) is 8.71. The minimum absolute atomic E-state index is 0.528. The fourth-order valence-corrected chi connectivity index (χ4v) is 6.25. The summed E-state index contributed by atoms with van der Waals surface area (Å²) in [5, 5.41) is 4.59. The quantitative estimate of drug-likeness (QED) is 0.193. The first kappa shape index (κ1) is 27.7. The van der Waals surface area contributed by atoms with Crippen molar-refractivity contribution >= 4 is 32.6 Å². The second-order valence-electron chi connectivity index (χ2n) is 11.8. The van der Waals surface area contributed by atoms with Gasteiger partial charge in [-0.15, -0.1) is 0 Å². The number of fused-ring (bicyclic) bond motifs is 3. The first-order valence-corrected chi connectivity index (χ1v) is 15.9. The molecule has 0 N–H and O–H groups in total. The van der Waals surface area contributed by atoms with Crippen molar-refractivity contribution in [1.29, 1.82) is 0 Å². The molecule has 0 aliphatic rings. The van der Waals surface area contributed by atoms with E-state index in [1.807, 2.05) is 66.7 Å². The van der Waals surface area contributed by atoms with Crippen molar-refractivity contribution in [1.82, 2.24) is 24.9 Å². The molecule has 6 aromatic carbocycles. The Balaban J connectivity index is 1.12. The first-order valence-electron chi connectivity index (χ1n) is 15.9. The van der Waals surface area contributed by atoms with Crippen molar-refractivity contribution in [2.45, 2.75) is 0 Å². The summed E-state index contributed by atoms with van der Waals surface area (Å²) >= 11 is 0. The van der Waals surface area contributed by atoms with Gasteiger partial charge in [0.2, 0.25) is 0 Å². The van der Waals surface area contributed by atoms with Crippen molar-refractivity contribution in [3.8, 4) is 56.7 Å². The zero-order chi connectivity index (χ0) is 31.9. The van der Waals surface area contributed by atoms with E-state index in [0.29, 0.717) is 23.2 Å². The lowest BCUT2D eigenvalue weighted by molar-refractivity contribution is 1.06. The van der Waals surface area contributed by atoms with E-state index in [1.165, 1.54) is 16.3 Å². The fraction of sp³-hybridized carbons (Fsp3) is 0. The predicted octanol–water partition coefficient (Wildman–Crippen LogP) is 10.5. The maximum Gasteiger partial charge on any atom is 0.182 e. The van der Waals surface area contributed by atoms with Crippen molar-refractivity contribution in [3.63, 3.8) is 0 Å². The van der Waals surface area contributed by atoms with Gasteiger partial charge in [0.1, 0.15) is 5.69 Å². The van der Waals surface area contributed by atoms with Gasteiger partial charge in [-0.05, 0) is 46.2 Å². The summed E-state index contributed by atoms with van der Waals surface area (Å²) in [4.78, 5) is 24.8. The molecule has 3 aromatic heterocycles. The van der Waals surface area contributed by atoms with Gasteiger partial charge in [0.05, 0.1) is 16.7 Å². The molecule has 9 rings (SSSR count). The maximum absolute atomic E-state index is 5.13. The molecule has 0 amide bonds. The molecule has 0 spiro atoms. The standard InChI is InChI=1S/C43H27N5/c1-3-11-31(12-4-1)41-46-42(32-13-5-2-6-14-32)48-43(47-41)38-25-23-30-19-21-34(27-40(30)45-38)37-24-22-29-18-20-33(26-39(29)44-37)36-17-9-15-28-10-7-8-16-35(28)36/h1-27H. The third-order valence-electron chi connectivity index (χ3n) is 8.71. The smallest absolute Gasteiger partial charge is 0.182 e. The van der Waals surface area contributed by atoms with Gasteiger partial charge < -0.3 is 0 Å². The van der Waals surface area contributed by atoms with Crippen LogP contribution >= 0.6 is 0 Å². The van der Waals surface area contributed by atoms with Crippen LogP contribution in [0.5, 0.6) is 0 Å². The predicted molar refractivity (Wildman–Crippen MR) is 195 cm³/mol. The molecule has 0 saturated carbocycles. The Labute approximate surface area is 277 Å². The van der Waals surface area contributed by atoms with Crippen LogP contribution in [-0.4, -0.2) is 24.9 Å². The summed E-state index contributed by atoms with van der Waals surface area (Å²) in [6, 6.07) is 56.0. The molecular weight excluding hydrogens is 587 g/mol. The highest BCUT2D eigenvalue weighted by atomic mass is 15.0. The van der Waals surface area contributed by atoms with Gasteiger partial charge in [-0.3, -0.25) is 0 Å². The summed E-state index contributed by atoms with van der Waals surface area (Å²) in [7, 11) is 0. The number of benzene rings is 6. The fourth-order valence-electron chi connectivity index (χ4n) is 6.25. The van der Waals surface area contributed by atoms with E-state index in [1.54, 1.807) is 0 Å². The second kappa shape index (κ2) is 11.6. The van der Waals surface area contributed by atoms with Crippen LogP contribution in [0.2, 0.25) is 0 Å². The number of pyridine rings is 2. The third kappa shape index (κ3) is 5.13. The van der Waals surface area contributed by atoms with Gasteiger partial charge in [0, 0.05) is 27.5 Å². The van der Waals surface area contributed by atoms with Crippen LogP contribution in [0.25, 0.3) is 89.3 Å². The van der Waals surface area contributed by atoms with Gasteiger partial charge >= 0.3 is 0 Å². The molecule has 0 unspecified atom stereocenters. The number of nitrogens with zero attached hydrogens (tertiary/aromatic N) is 5. The van der Waals surface area contributed by atoms with Crippen LogP contribution in [0.15, 0.2) is 164 Å². The lowest BCUT2D eigenvalue weighted by Gasteiger charge is -2.10. The SMILES string of the molecule is c1ccc(-c2nc(-c3ccccc3)nc(-c3ccc4ccc(-c5ccc6ccc(-c7cccc8ccccc78)cc6n5)cc4n3)n2)cc1. The highest BCUT2D eigenvalue weighted by Gasteiger charge is 2.14. The van der Waals surface area contributed by atoms with Gasteiger partial charge in [0.15, 0.2) is 17.5 Å². The minimum Gasteiger partial charge on any atom is -0.248 e. The van der Waals surface area contributed by atoms with Crippen LogP contribution in [0.3, 0.4) is 0 Å². The second-order valence-corrected chi connectivity index (χ2v) is 11.8. The lowest BCUT2D eigenvalue weighted by Crippen LogP contribution is -2.01. The number of hydrogen-bond acceptors (Lipinski definition) is 5. The monoisotopic (exact) mass is 613 g/mol. The van der Waals surface area contributed by atoms with E-state index in [-0.39, 0.29) is 0 Å². The Morgan fingerprint density at radius 1 is 0.292 bits per heavy atom. The van der Waals surface area contributed by atoms with E-state index in [2.05, 4.69) is 97.1 Å². The molecule has 3 heterocycles. The molecule has 224 valence electrons. The average molecular weight is 614 g/mol. The Hall–Kier alpha value is -6.59. The van der Waals surface area contributed by atoms with Crippen LogP contribution in [0, 0.1) is 0 Å². The molecular formula is C43H27N5. The molecule has 0 saturated heterocycles.